The molecule has 3 aliphatic heterocycles. The van der Waals surface area contributed by atoms with E-state index in [2.05, 4.69) is 170 Å². The van der Waals surface area contributed by atoms with Gasteiger partial charge in [-0.05, 0) is 126 Å². The molecular weight excluding hydrogens is 593 g/mol. The summed E-state index contributed by atoms with van der Waals surface area (Å²) < 4.78 is 0. The zero-order chi connectivity index (χ0) is 34.2. The maximum Gasteiger partial charge on any atom is 0.0755 e. The monoisotopic (exact) mass is 636 g/mol. The smallest absolute Gasteiger partial charge is 0.0755 e. The van der Waals surface area contributed by atoms with Gasteiger partial charge in [-0.15, -0.1) is 0 Å². The van der Waals surface area contributed by atoms with E-state index in [-0.39, 0.29) is 16.2 Å². The van der Waals surface area contributed by atoms with E-state index in [0.717, 1.165) is 5.69 Å². The molecule has 3 aliphatic rings. The molecule has 242 valence electrons. The van der Waals surface area contributed by atoms with Gasteiger partial charge in [-0.25, -0.2) is 4.98 Å². The number of anilines is 3. The number of hydrogen-bond donors (Lipinski definition) is 0. The molecule has 2 nitrogen and oxygen atoms in total. The normalized spacial score (nSPS) is 16.7. The van der Waals surface area contributed by atoms with Crippen LogP contribution < -0.4 is 4.90 Å². The van der Waals surface area contributed by atoms with Crippen molar-refractivity contribution in [1.82, 2.24) is 4.98 Å². The first-order valence-corrected chi connectivity index (χ1v) is 17.7. The van der Waals surface area contributed by atoms with Gasteiger partial charge in [0.2, 0.25) is 0 Å². The van der Waals surface area contributed by atoms with Gasteiger partial charge in [0, 0.05) is 21.8 Å². The number of nitrogens with zero attached hydrogens (tertiary/aromatic N) is 2. The number of aryl methyl sites for hydroxylation is 3. The second kappa shape index (κ2) is 9.82. The fraction of sp³-hybridized carbons (Fsp3) is 0.255. The molecule has 49 heavy (non-hydrogen) atoms. The van der Waals surface area contributed by atoms with Crippen LogP contribution in [0.25, 0.3) is 33.5 Å². The van der Waals surface area contributed by atoms with Gasteiger partial charge in [0.05, 0.1) is 28.5 Å². The summed E-state index contributed by atoms with van der Waals surface area (Å²) in [4.78, 5) is 8.37. The molecule has 4 heterocycles. The zero-order valence-electron chi connectivity index (χ0n) is 30.2. The standard InChI is InChI=1S/C47H44N2/c1-27-20-28(2)40(29(3)21-27)39-26-38-43-44(48-39)47(8,9)37-25-33(31-18-14-11-15-19-31)24-36-42(37)49(43)41-34(45(36,4)5)22-32(23-35(41)46(38,6)7)30-16-12-10-13-17-30/h10-26H,1-9H3. The van der Waals surface area contributed by atoms with Crippen molar-refractivity contribution in [3.63, 3.8) is 0 Å². The van der Waals surface area contributed by atoms with Crippen molar-refractivity contribution in [3.05, 3.63) is 153 Å². The van der Waals surface area contributed by atoms with Gasteiger partial charge in [0.1, 0.15) is 0 Å². The molecule has 0 bridgehead atoms. The van der Waals surface area contributed by atoms with Crippen LogP contribution in [0.1, 0.15) is 91.7 Å². The molecule has 0 spiro atoms. The minimum atomic E-state index is -0.330. The van der Waals surface area contributed by atoms with Gasteiger partial charge in [-0.1, -0.05) is 106 Å². The molecule has 0 aliphatic carbocycles. The lowest BCUT2D eigenvalue weighted by Crippen LogP contribution is -2.44. The highest BCUT2D eigenvalue weighted by molar-refractivity contribution is 6.00. The Hall–Kier alpha value is -4.95. The van der Waals surface area contributed by atoms with Crippen molar-refractivity contribution in [2.24, 2.45) is 0 Å². The van der Waals surface area contributed by atoms with Gasteiger partial charge in [0.25, 0.3) is 0 Å². The van der Waals surface area contributed by atoms with Gasteiger partial charge >= 0.3 is 0 Å². The summed E-state index contributed by atoms with van der Waals surface area (Å²) in [6.45, 7) is 21.2. The summed E-state index contributed by atoms with van der Waals surface area (Å²) in [5, 5.41) is 0. The molecule has 0 saturated heterocycles. The van der Waals surface area contributed by atoms with Crippen LogP contribution in [0.15, 0.2) is 103 Å². The van der Waals surface area contributed by atoms with Crippen LogP contribution in [-0.4, -0.2) is 4.98 Å². The summed E-state index contributed by atoms with van der Waals surface area (Å²) in [6.07, 6.45) is 0. The number of hydrogen-bond acceptors (Lipinski definition) is 2. The zero-order valence-corrected chi connectivity index (χ0v) is 30.2. The van der Waals surface area contributed by atoms with Crippen LogP contribution in [-0.2, 0) is 16.2 Å². The van der Waals surface area contributed by atoms with Crippen LogP contribution in [0, 0.1) is 20.8 Å². The second-order valence-corrected chi connectivity index (χ2v) is 16.3. The SMILES string of the molecule is Cc1cc(C)c(-c2cc3c4c(n2)C(C)(C)c2cc(-c5ccccc5)cc5c2N4c2c(cc(-c4ccccc4)cc2C3(C)C)C5(C)C)c(C)c1. The molecule has 6 aromatic rings. The third-order valence-corrected chi connectivity index (χ3v) is 12.0. The molecule has 2 heteroatoms. The molecule has 9 rings (SSSR count). The second-order valence-electron chi connectivity index (χ2n) is 16.3. The van der Waals surface area contributed by atoms with Crippen molar-refractivity contribution in [1.29, 1.82) is 0 Å². The van der Waals surface area contributed by atoms with Crippen LogP contribution in [0.2, 0.25) is 0 Å². The molecule has 0 fully saturated rings. The predicted molar refractivity (Wildman–Crippen MR) is 206 cm³/mol. The molecule has 0 radical (unpaired) electrons. The summed E-state index contributed by atoms with van der Waals surface area (Å²) in [5.74, 6) is 0. The van der Waals surface area contributed by atoms with E-state index in [1.54, 1.807) is 0 Å². The first kappa shape index (κ1) is 30.1. The van der Waals surface area contributed by atoms with Crippen molar-refractivity contribution in [2.75, 3.05) is 4.90 Å². The number of rotatable bonds is 3. The van der Waals surface area contributed by atoms with Gasteiger partial charge in [-0.3, -0.25) is 0 Å². The highest BCUT2D eigenvalue weighted by atomic mass is 15.2. The minimum absolute atomic E-state index is 0.231. The molecule has 0 unspecified atom stereocenters. The Balaban J connectivity index is 1.45. The third kappa shape index (κ3) is 3.98. The lowest BCUT2D eigenvalue weighted by Gasteiger charge is -2.55. The first-order chi connectivity index (χ1) is 23.3. The van der Waals surface area contributed by atoms with E-state index in [1.165, 1.54) is 95.1 Å². The van der Waals surface area contributed by atoms with Crippen molar-refractivity contribution >= 4 is 17.1 Å². The fourth-order valence-electron chi connectivity index (χ4n) is 9.39. The van der Waals surface area contributed by atoms with E-state index >= 15 is 0 Å². The Morgan fingerprint density at radius 2 is 0.857 bits per heavy atom. The molecule has 0 amide bonds. The summed E-state index contributed by atoms with van der Waals surface area (Å²) >= 11 is 0. The summed E-state index contributed by atoms with van der Waals surface area (Å²) in [6, 6.07) is 38.8. The van der Waals surface area contributed by atoms with Crippen molar-refractivity contribution in [3.8, 4) is 33.5 Å². The average molecular weight is 637 g/mol. The van der Waals surface area contributed by atoms with E-state index in [0.29, 0.717) is 0 Å². The average Bonchev–Trinajstić information content (AvgIpc) is 3.07. The lowest BCUT2D eigenvalue weighted by atomic mass is 9.61. The highest BCUT2D eigenvalue weighted by Crippen LogP contribution is 2.67. The predicted octanol–water partition coefficient (Wildman–Crippen LogP) is 12.4. The maximum absolute atomic E-state index is 5.73. The number of pyridine rings is 1. The topological polar surface area (TPSA) is 16.1 Å². The van der Waals surface area contributed by atoms with Gasteiger partial charge in [-0.2, -0.15) is 0 Å². The molecule has 0 atom stereocenters. The largest absolute Gasteiger partial charge is 0.307 e. The van der Waals surface area contributed by atoms with E-state index in [9.17, 15) is 0 Å². The third-order valence-electron chi connectivity index (χ3n) is 12.0. The summed E-state index contributed by atoms with van der Waals surface area (Å²) in [7, 11) is 0. The molecule has 0 saturated carbocycles. The lowest BCUT2D eigenvalue weighted by molar-refractivity contribution is 0.557. The van der Waals surface area contributed by atoms with Crippen LogP contribution in [0.3, 0.4) is 0 Å². The fourth-order valence-corrected chi connectivity index (χ4v) is 9.39. The minimum Gasteiger partial charge on any atom is -0.307 e. The number of aromatic nitrogens is 1. The molecule has 0 N–H and O–H groups in total. The van der Waals surface area contributed by atoms with Gasteiger partial charge < -0.3 is 4.90 Å². The maximum atomic E-state index is 5.73. The van der Waals surface area contributed by atoms with E-state index in [1.807, 2.05) is 0 Å². The Labute approximate surface area is 291 Å². The van der Waals surface area contributed by atoms with Crippen molar-refractivity contribution in [2.45, 2.75) is 78.6 Å². The van der Waals surface area contributed by atoms with Crippen molar-refractivity contribution < 1.29 is 0 Å². The molecular formula is C47H44N2. The Morgan fingerprint density at radius 3 is 1.31 bits per heavy atom. The quantitative estimate of drug-likeness (QED) is 0.192. The highest BCUT2D eigenvalue weighted by Gasteiger charge is 2.53. The van der Waals surface area contributed by atoms with Gasteiger partial charge in [0.15, 0.2) is 0 Å². The van der Waals surface area contributed by atoms with Crippen LogP contribution in [0.4, 0.5) is 17.1 Å². The van der Waals surface area contributed by atoms with E-state index in [4.69, 9.17) is 4.98 Å². The molecule has 5 aromatic carbocycles. The van der Waals surface area contributed by atoms with Crippen LogP contribution >= 0.6 is 0 Å². The van der Waals surface area contributed by atoms with E-state index < -0.39 is 0 Å². The van der Waals surface area contributed by atoms with Crippen LogP contribution in [0.5, 0.6) is 0 Å². The Morgan fingerprint density at radius 1 is 0.449 bits per heavy atom. The Bertz CT molecular complexity index is 2220. The molecule has 1 aromatic heterocycles. The summed E-state index contributed by atoms with van der Waals surface area (Å²) in [5.41, 5.74) is 22.4. The number of benzene rings is 5. The first-order valence-electron chi connectivity index (χ1n) is 17.7. The Kier molecular flexibility index (Phi) is 6.04.